The Kier molecular flexibility index (Phi) is 4.04. The zero-order valence-corrected chi connectivity index (χ0v) is 10.5. The normalized spacial score (nSPS) is 11.9. The van der Waals surface area contributed by atoms with Crippen LogP contribution in [0.1, 0.15) is 0 Å². The second-order valence-electron chi connectivity index (χ2n) is 3.31. The topological polar surface area (TPSA) is 40.5 Å². The molecular weight excluding hydrogens is 238 g/mol. The van der Waals surface area contributed by atoms with Crippen LogP contribution in [0.4, 0.5) is 0 Å². The minimum atomic E-state index is -0.226. The molecule has 0 aliphatic carbocycles. The monoisotopic (exact) mass is 250 g/mol. The third kappa shape index (κ3) is 2.31. The quantitative estimate of drug-likeness (QED) is 0.815. The van der Waals surface area contributed by atoms with Gasteiger partial charge in [0, 0.05) is 28.2 Å². The molecule has 0 aliphatic heterocycles. The number of rotatable bonds is 3. The summed E-state index contributed by atoms with van der Waals surface area (Å²) in [4.78, 5) is 18.6. The Morgan fingerprint density at radius 1 is 0.625 bits per heavy atom. The van der Waals surface area contributed by atoms with Gasteiger partial charge in [-0.25, -0.2) is 0 Å². The Labute approximate surface area is 98.1 Å². The van der Waals surface area contributed by atoms with E-state index in [9.17, 15) is 9.79 Å². The second kappa shape index (κ2) is 5.52. The van der Waals surface area contributed by atoms with Crippen LogP contribution < -0.4 is 10.6 Å². The van der Waals surface area contributed by atoms with Gasteiger partial charge >= 0.3 is 0 Å². The van der Waals surface area contributed by atoms with E-state index in [-0.39, 0.29) is 17.6 Å². The van der Waals surface area contributed by atoms with Crippen LogP contribution in [0.2, 0.25) is 0 Å². The molecule has 2 aromatic carbocycles. The molecule has 0 aromatic heterocycles. The molecule has 82 valence electrons. The molecule has 2 atom stereocenters. The molecule has 0 heterocycles. The van der Waals surface area contributed by atoms with E-state index >= 15 is 0 Å². The van der Waals surface area contributed by atoms with Gasteiger partial charge in [-0.05, 0) is 11.1 Å². The largest absolute Gasteiger partial charge is 0.372 e. The fraction of sp³-hybridized carbons (Fsp3) is 0. The molecule has 2 nitrogen and oxygen atoms in total. The molecule has 0 fully saturated rings. The van der Waals surface area contributed by atoms with Crippen LogP contribution in [-0.4, -0.2) is 9.79 Å². The molecule has 2 N–H and O–H groups in total. The van der Waals surface area contributed by atoms with Crippen molar-refractivity contribution in [3.05, 3.63) is 48.5 Å². The van der Waals surface area contributed by atoms with Crippen molar-refractivity contribution in [1.82, 2.24) is 0 Å². The van der Waals surface area contributed by atoms with Crippen molar-refractivity contribution in [2.45, 2.75) is 0 Å². The van der Waals surface area contributed by atoms with Gasteiger partial charge in [-0.3, -0.25) is 0 Å². The third-order valence-corrected chi connectivity index (χ3v) is 3.74. The van der Waals surface area contributed by atoms with Crippen LogP contribution in [0.3, 0.4) is 0 Å². The highest BCUT2D eigenvalue weighted by Gasteiger charge is 2.07. The molecule has 0 amide bonds. The van der Waals surface area contributed by atoms with Gasteiger partial charge in [-0.2, -0.15) is 0 Å². The van der Waals surface area contributed by atoms with E-state index in [2.05, 4.69) is 0 Å². The van der Waals surface area contributed by atoms with Crippen molar-refractivity contribution in [1.29, 1.82) is 0 Å². The summed E-state index contributed by atoms with van der Waals surface area (Å²) in [6.45, 7) is 0. The summed E-state index contributed by atoms with van der Waals surface area (Å²) in [5.74, 6) is 0. The van der Waals surface area contributed by atoms with Gasteiger partial charge in [0.2, 0.25) is 0 Å². The maximum atomic E-state index is 9.31. The predicted molar refractivity (Wildman–Crippen MR) is 72.2 cm³/mol. The fourth-order valence-electron chi connectivity index (χ4n) is 1.63. The van der Waals surface area contributed by atoms with Crippen LogP contribution in [-0.2, 0) is 0 Å². The molecule has 16 heavy (non-hydrogen) atoms. The lowest BCUT2D eigenvalue weighted by Gasteiger charge is -2.10. The zero-order chi connectivity index (χ0) is 11.4. The maximum Gasteiger partial charge on any atom is 0.0426 e. The second-order valence-corrected chi connectivity index (χ2v) is 4.84. The van der Waals surface area contributed by atoms with Crippen molar-refractivity contribution in [3.63, 3.8) is 0 Å². The van der Waals surface area contributed by atoms with Crippen LogP contribution >= 0.6 is 17.6 Å². The van der Waals surface area contributed by atoms with E-state index in [1.807, 2.05) is 48.5 Å². The molecule has 0 aliphatic rings. The minimum absolute atomic E-state index is 0.226. The summed E-state index contributed by atoms with van der Waals surface area (Å²) in [6, 6.07) is 15.5. The average Bonchev–Trinajstić information content (AvgIpc) is 2.38. The van der Waals surface area contributed by atoms with Crippen LogP contribution in [0.15, 0.2) is 48.5 Å². The first-order chi connectivity index (χ1) is 7.86. The molecule has 0 saturated heterocycles. The third-order valence-electron chi connectivity index (χ3n) is 2.39. The summed E-state index contributed by atoms with van der Waals surface area (Å²) in [5.41, 5.74) is 2.00. The highest BCUT2D eigenvalue weighted by molar-refractivity contribution is 7.42. The van der Waals surface area contributed by atoms with Crippen molar-refractivity contribution >= 4 is 28.2 Å². The van der Waals surface area contributed by atoms with Gasteiger partial charge in [0.15, 0.2) is 0 Å². The van der Waals surface area contributed by atoms with Gasteiger partial charge in [0.05, 0.1) is 0 Å². The van der Waals surface area contributed by atoms with E-state index in [1.54, 1.807) is 0 Å². The lowest BCUT2D eigenvalue weighted by atomic mass is 10.1. The van der Waals surface area contributed by atoms with Gasteiger partial charge in [-0.1, -0.05) is 48.5 Å². The van der Waals surface area contributed by atoms with Crippen molar-refractivity contribution in [2.75, 3.05) is 0 Å². The SMILES string of the molecule is OPc1ccccc1-c1ccccc1PO. The van der Waals surface area contributed by atoms with E-state index in [0.717, 1.165) is 21.7 Å². The molecule has 0 spiro atoms. The van der Waals surface area contributed by atoms with E-state index in [0.29, 0.717) is 0 Å². The minimum Gasteiger partial charge on any atom is -0.372 e. The van der Waals surface area contributed by atoms with Crippen LogP contribution in [0.5, 0.6) is 0 Å². The zero-order valence-electron chi connectivity index (χ0n) is 8.51. The van der Waals surface area contributed by atoms with E-state index in [1.165, 1.54) is 0 Å². The van der Waals surface area contributed by atoms with Gasteiger partial charge in [-0.15, -0.1) is 0 Å². The highest BCUT2D eigenvalue weighted by Crippen LogP contribution is 2.23. The smallest absolute Gasteiger partial charge is 0.0426 e. The average molecular weight is 250 g/mol. The summed E-state index contributed by atoms with van der Waals surface area (Å²) < 4.78 is 0. The molecule has 2 aromatic rings. The molecule has 0 radical (unpaired) electrons. The predicted octanol–water partition coefficient (Wildman–Crippen LogP) is 1.78. The first-order valence-electron chi connectivity index (χ1n) is 4.85. The molecule has 4 heteroatoms. The fourth-order valence-corrected chi connectivity index (χ4v) is 2.65. The number of hydrogen-bond donors (Lipinski definition) is 2. The molecule has 2 unspecified atom stereocenters. The number of hydrogen-bond acceptors (Lipinski definition) is 2. The summed E-state index contributed by atoms with van der Waals surface area (Å²) in [7, 11) is -0.453. The Bertz CT molecular complexity index is 440. The Balaban J connectivity index is 2.58. The summed E-state index contributed by atoms with van der Waals surface area (Å²) >= 11 is 0. The lowest BCUT2D eigenvalue weighted by Crippen LogP contribution is -2.06. The molecule has 2 rings (SSSR count). The van der Waals surface area contributed by atoms with Gasteiger partial charge < -0.3 is 9.79 Å². The molecular formula is C12H12O2P2. The first-order valence-corrected chi connectivity index (χ1v) is 6.75. The first kappa shape index (κ1) is 11.7. The Morgan fingerprint density at radius 3 is 1.38 bits per heavy atom. The summed E-state index contributed by atoms with van der Waals surface area (Å²) in [5, 5.41) is 1.82. The van der Waals surface area contributed by atoms with Crippen LogP contribution in [0, 0.1) is 0 Å². The summed E-state index contributed by atoms with van der Waals surface area (Å²) in [6.07, 6.45) is 0. The van der Waals surface area contributed by atoms with Crippen molar-refractivity contribution < 1.29 is 9.79 Å². The Morgan fingerprint density at radius 2 is 1.00 bits per heavy atom. The highest BCUT2D eigenvalue weighted by atomic mass is 31.1. The Hall–Kier alpha value is -0.780. The maximum absolute atomic E-state index is 9.31. The van der Waals surface area contributed by atoms with Gasteiger partial charge in [0.25, 0.3) is 0 Å². The van der Waals surface area contributed by atoms with E-state index in [4.69, 9.17) is 0 Å². The van der Waals surface area contributed by atoms with E-state index < -0.39 is 0 Å². The van der Waals surface area contributed by atoms with Gasteiger partial charge in [0.1, 0.15) is 0 Å². The van der Waals surface area contributed by atoms with Crippen LogP contribution in [0.25, 0.3) is 11.1 Å². The molecule has 0 bridgehead atoms. The molecule has 0 saturated carbocycles. The standard InChI is InChI=1S/C12H12O2P2/c13-15-11-7-3-1-5-9(11)10-6-2-4-8-12(10)16-14/h1-8,13-16H. The number of benzene rings is 2. The lowest BCUT2D eigenvalue weighted by molar-refractivity contribution is 0.654. The van der Waals surface area contributed by atoms with Crippen molar-refractivity contribution in [3.8, 4) is 11.1 Å². The van der Waals surface area contributed by atoms with Crippen molar-refractivity contribution in [2.24, 2.45) is 0 Å².